The van der Waals surface area contributed by atoms with Crippen molar-refractivity contribution < 1.29 is 77.3 Å². The predicted molar refractivity (Wildman–Crippen MR) is 318 cm³/mol. The highest BCUT2D eigenvalue weighted by atomic mass is 32.2. The van der Waals surface area contributed by atoms with Crippen LogP contribution in [0.4, 0.5) is 0 Å². The molecule has 0 saturated carbocycles. The van der Waals surface area contributed by atoms with E-state index in [0.29, 0.717) is 5.69 Å². The molecule has 0 radical (unpaired) electrons. The molecule has 0 bridgehead atoms. The maximum atomic E-state index is 14.3. The van der Waals surface area contributed by atoms with Crippen LogP contribution in [-0.4, -0.2) is 201 Å². The van der Waals surface area contributed by atoms with Gasteiger partial charge in [0, 0.05) is 44.2 Å². The number of aliphatic hydroxyl groups excluding tert-OH is 1. The monoisotopic (exact) mass is 1260 g/mol. The molecule has 2 heterocycles. The number of aromatic nitrogens is 2. The van der Waals surface area contributed by atoms with Crippen molar-refractivity contribution in [3.8, 4) is 0 Å². The second-order valence-electron chi connectivity index (χ2n) is 21.9. The van der Waals surface area contributed by atoms with Gasteiger partial charge in [-0.05, 0) is 82.6 Å². The topological polar surface area (TPSA) is 557 Å². The molecule has 13 amide bonds. The number of nitrogens with two attached hydrogens (primary N) is 4. The molecule has 492 valence electrons. The Balaban J connectivity index is 2.79. The Kier molecular flexibility index (Phi) is 33.0. The molecule has 0 aromatic carbocycles. The van der Waals surface area contributed by atoms with Crippen molar-refractivity contribution in [2.75, 3.05) is 25.1 Å². The second-order valence-corrected chi connectivity index (χ2v) is 22.9. The van der Waals surface area contributed by atoms with E-state index in [0.717, 1.165) is 6.92 Å². The maximum absolute atomic E-state index is 14.3. The number of aliphatic carboxylic acids is 1. The summed E-state index contributed by atoms with van der Waals surface area (Å²) in [5.74, 6) is -15.1. The average molecular weight is 1270 g/mol. The lowest BCUT2D eigenvalue weighted by atomic mass is 10.0. The van der Waals surface area contributed by atoms with Gasteiger partial charge in [-0.2, -0.15) is 11.8 Å². The van der Waals surface area contributed by atoms with Gasteiger partial charge in [-0.15, -0.1) is 0 Å². The van der Waals surface area contributed by atoms with Gasteiger partial charge in [-0.1, -0.05) is 27.7 Å². The molecule has 0 spiro atoms. The Hall–Kier alpha value is -8.63. The van der Waals surface area contributed by atoms with Gasteiger partial charge in [-0.3, -0.25) is 72.1 Å². The fourth-order valence-corrected chi connectivity index (χ4v) is 9.15. The molecular weight excluding hydrogens is 1180 g/mol. The normalized spacial score (nSPS) is 24.8. The number of primary amides is 2. The number of thioether (sulfide) groups is 1. The number of hydrogen-bond donors (Lipinski definition) is 18. The summed E-state index contributed by atoms with van der Waals surface area (Å²) in [6, 6.07) is -15.8. The van der Waals surface area contributed by atoms with Gasteiger partial charge in [0.1, 0.15) is 60.4 Å². The van der Waals surface area contributed by atoms with E-state index in [1.54, 1.807) is 34.0 Å². The molecule has 0 unspecified atom stereocenters. The first-order valence-corrected chi connectivity index (χ1v) is 30.0. The fourth-order valence-electron chi connectivity index (χ4n) is 8.67. The summed E-state index contributed by atoms with van der Waals surface area (Å²) >= 11 is 1.29. The highest BCUT2D eigenvalue weighted by Crippen LogP contribution is 2.13. The molecule has 1 aliphatic rings. The number of carboxylic acid groups (broad SMARTS) is 1. The molecule has 11 atom stereocenters. The average Bonchev–Trinajstić information content (AvgIpc) is 3.81. The van der Waals surface area contributed by atoms with Crippen LogP contribution in [0, 0.1) is 11.8 Å². The highest BCUT2D eigenvalue weighted by molar-refractivity contribution is 7.98. The molecule has 88 heavy (non-hydrogen) atoms. The quantitative estimate of drug-likeness (QED) is 0.0309. The number of imidazole rings is 1. The molecule has 0 aliphatic carbocycles. The summed E-state index contributed by atoms with van der Waals surface area (Å²) < 4.78 is 0. The zero-order chi connectivity index (χ0) is 66.4. The smallest absolute Gasteiger partial charge is 0.303 e. The van der Waals surface area contributed by atoms with E-state index < -0.39 is 181 Å². The van der Waals surface area contributed by atoms with Gasteiger partial charge in [0.2, 0.25) is 76.8 Å². The van der Waals surface area contributed by atoms with Crippen molar-refractivity contribution in [1.82, 2.24) is 68.5 Å². The largest absolute Gasteiger partial charge is 0.481 e. The molecular formula is C53H88N18O16S. The lowest BCUT2D eigenvalue weighted by Crippen LogP contribution is -2.61. The van der Waals surface area contributed by atoms with Crippen molar-refractivity contribution in [3.63, 3.8) is 0 Å². The first kappa shape index (κ1) is 75.5. The second kappa shape index (κ2) is 38.5. The van der Waals surface area contributed by atoms with E-state index >= 15 is 0 Å². The Morgan fingerprint density at radius 2 is 1.07 bits per heavy atom. The lowest BCUT2D eigenvalue weighted by Gasteiger charge is -2.28. The maximum Gasteiger partial charge on any atom is 0.303 e. The van der Waals surface area contributed by atoms with E-state index in [1.165, 1.54) is 31.2 Å². The number of carbonyl (C=O) groups is 14. The molecule has 1 aromatic heterocycles. The fraction of sp³-hybridized carbons (Fsp3) is 0.660. The first-order valence-electron chi connectivity index (χ1n) is 28.6. The molecule has 22 N–H and O–H groups in total. The number of carbonyl (C=O) groups excluding carboxylic acids is 13. The lowest BCUT2D eigenvalue weighted by molar-refractivity contribution is -0.139. The number of aliphatic imine (C=N–C) groups is 1. The van der Waals surface area contributed by atoms with Crippen LogP contribution in [0.25, 0.3) is 0 Å². The molecule has 1 aromatic rings. The zero-order valence-corrected chi connectivity index (χ0v) is 51.3. The van der Waals surface area contributed by atoms with Crippen molar-refractivity contribution >= 4 is 100 Å². The van der Waals surface area contributed by atoms with Crippen molar-refractivity contribution in [2.45, 2.75) is 185 Å². The molecule has 34 nitrogen and oxygen atoms in total. The molecule has 1 fully saturated rings. The number of nitrogens with one attached hydrogen (secondary N) is 12. The third-order valence-electron chi connectivity index (χ3n) is 13.2. The number of H-pyrrole nitrogens is 1. The van der Waals surface area contributed by atoms with E-state index in [1.807, 2.05) is 0 Å². The SMILES string of the molecule is CSCC[C@@H]1NC(=O)[C@H](CCCN=C(N)N)NC(=O)[C@H](CCC(=O)O)NC(=O)[C@H]([C@@H](C)O)NC(=O)[C@H](CC(N)=O)NC(=O)CCCNC(=O)[C@H](CC(C)C)NC(=O)[C@H](CC(N)=O)NC(=O)[C@H](Cc2cnc[nH]2)NC(=O)[C@H](CC(C)C)NC(=O)[C@H](C)NC1=O. The number of aliphatic hydroxyl groups is 1. The molecule has 2 rings (SSSR count). The van der Waals surface area contributed by atoms with Crippen LogP contribution < -0.4 is 81.4 Å². The minimum Gasteiger partial charge on any atom is -0.481 e. The van der Waals surface area contributed by atoms with Crippen LogP contribution >= 0.6 is 11.8 Å². The Bertz CT molecular complexity index is 2620. The van der Waals surface area contributed by atoms with Crippen LogP contribution in [0.15, 0.2) is 17.5 Å². The summed E-state index contributed by atoms with van der Waals surface area (Å²) in [6.45, 7) is 9.03. The van der Waals surface area contributed by atoms with Crippen molar-refractivity contribution in [3.05, 3.63) is 18.2 Å². The Morgan fingerprint density at radius 3 is 1.60 bits per heavy atom. The van der Waals surface area contributed by atoms with Crippen molar-refractivity contribution in [2.24, 2.45) is 39.8 Å². The minimum absolute atomic E-state index is 0.0164. The van der Waals surface area contributed by atoms with Crippen LogP contribution in [0.5, 0.6) is 0 Å². The summed E-state index contributed by atoms with van der Waals surface area (Å²) in [6.07, 6.45) is -1.44. The van der Waals surface area contributed by atoms with Gasteiger partial charge >= 0.3 is 5.97 Å². The van der Waals surface area contributed by atoms with Gasteiger partial charge < -0.3 is 96.6 Å². The van der Waals surface area contributed by atoms with Gasteiger partial charge in [0.15, 0.2) is 5.96 Å². The van der Waals surface area contributed by atoms with E-state index in [4.69, 9.17) is 22.9 Å². The summed E-state index contributed by atoms with van der Waals surface area (Å²) in [4.78, 5) is 201. The van der Waals surface area contributed by atoms with Crippen LogP contribution in [-0.2, 0) is 73.5 Å². The van der Waals surface area contributed by atoms with Crippen LogP contribution in [0.2, 0.25) is 0 Å². The van der Waals surface area contributed by atoms with E-state index in [9.17, 15) is 77.3 Å². The summed E-state index contributed by atoms with van der Waals surface area (Å²) in [5.41, 5.74) is 22.2. The third kappa shape index (κ3) is 28.7. The number of guanidine groups is 1. The van der Waals surface area contributed by atoms with E-state index in [2.05, 4.69) is 73.4 Å². The number of aromatic amines is 1. The number of carboxylic acids is 1. The van der Waals surface area contributed by atoms with Crippen LogP contribution in [0.3, 0.4) is 0 Å². The van der Waals surface area contributed by atoms with Crippen LogP contribution in [0.1, 0.15) is 118 Å². The summed E-state index contributed by atoms with van der Waals surface area (Å²) in [7, 11) is 0. The van der Waals surface area contributed by atoms with Gasteiger partial charge in [0.05, 0.1) is 25.3 Å². The van der Waals surface area contributed by atoms with Gasteiger partial charge in [0.25, 0.3) is 0 Å². The number of nitrogens with zero attached hydrogens (tertiary/aromatic N) is 2. The Morgan fingerprint density at radius 1 is 0.602 bits per heavy atom. The standard InChI is InChI=1S/C53H88N18O16S/c1-25(2)18-33-44(79)59-15-9-11-40(75)63-36(21-38(54)73)51(86)71-42(28(6)72)52(87)66-31(12-13-41(76)77)47(82)64-30(10-8-16-60-53(56)57)46(81)65-32(14-17-88-7)45(80)62-27(5)43(78)67-34(19-26(3)4)48(83)69-35(20-29-23-58-24-61-29)49(84)70-37(22-39(55)74)50(85)68-33/h23-28,30-37,42,72H,8-22H2,1-7H3,(H2,54,73)(H2,55,74)(H,58,61)(H,59,79)(H,62,80)(H,63,75)(H,64,82)(H,65,81)(H,66,87)(H,67,78)(H,68,85)(H,69,83)(H,70,84)(H,71,86)(H,76,77)(H4,56,57,60)/t27-,28+,30-,31-,32-,33-,34-,35-,36-,37-,42-/m0/s1. The van der Waals surface area contributed by atoms with Crippen molar-refractivity contribution in [1.29, 1.82) is 0 Å². The highest BCUT2D eigenvalue weighted by Gasteiger charge is 2.37. The molecule has 35 heteroatoms. The number of rotatable bonds is 21. The molecule has 1 aliphatic heterocycles. The summed E-state index contributed by atoms with van der Waals surface area (Å²) in [5, 5.41) is 47.5. The zero-order valence-electron chi connectivity index (χ0n) is 50.5. The van der Waals surface area contributed by atoms with Gasteiger partial charge in [-0.25, -0.2) is 4.98 Å². The van der Waals surface area contributed by atoms with E-state index in [-0.39, 0.29) is 81.6 Å². The molecule has 1 saturated heterocycles. The third-order valence-corrected chi connectivity index (χ3v) is 13.8. The Labute approximate surface area is 512 Å². The number of amides is 13. The first-order chi connectivity index (χ1) is 41.3. The number of hydrogen-bond acceptors (Lipinski definition) is 18. The minimum atomic E-state index is -1.95. The predicted octanol–water partition coefficient (Wildman–Crippen LogP) is -6.37.